The molecule has 1 aromatic heterocycles. The predicted molar refractivity (Wildman–Crippen MR) is 78.6 cm³/mol. The largest absolute Gasteiger partial charge is 0.360 e. The van der Waals surface area contributed by atoms with Crippen LogP contribution in [-0.2, 0) is 0 Å². The van der Waals surface area contributed by atoms with Crippen LogP contribution in [0.2, 0.25) is 0 Å². The van der Waals surface area contributed by atoms with E-state index in [2.05, 4.69) is 27.7 Å². The van der Waals surface area contributed by atoms with E-state index in [4.69, 9.17) is 0 Å². The van der Waals surface area contributed by atoms with Gasteiger partial charge >= 0.3 is 0 Å². The number of carbonyl (C=O) groups is 1. The molecular weight excluding hydrogens is 250 g/mol. The highest BCUT2D eigenvalue weighted by molar-refractivity contribution is 6.07. The Kier molecular flexibility index (Phi) is 2.49. The van der Waals surface area contributed by atoms with Crippen molar-refractivity contribution in [1.82, 2.24) is 10.4 Å². The molecule has 1 fully saturated rings. The minimum Gasteiger partial charge on any atom is -0.360 e. The molecule has 0 saturated heterocycles. The summed E-state index contributed by atoms with van der Waals surface area (Å²) in [7, 11) is 0. The first kappa shape index (κ1) is 11.5. The van der Waals surface area contributed by atoms with Crippen molar-refractivity contribution in [3.63, 3.8) is 0 Å². The Morgan fingerprint density at radius 1 is 1.35 bits per heavy atom. The number of carbonyl (C=O) groups excluding carboxylic acids is 1. The van der Waals surface area contributed by atoms with Crippen molar-refractivity contribution >= 4 is 22.5 Å². The highest BCUT2D eigenvalue weighted by Crippen LogP contribution is 2.40. The number of hydrogen-bond acceptors (Lipinski definition) is 2. The highest BCUT2D eigenvalue weighted by atomic mass is 16.2. The number of nitrogens with one attached hydrogen (secondary N) is 2. The molecule has 4 heteroatoms. The van der Waals surface area contributed by atoms with Crippen LogP contribution in [0.3, 0.4) is 0 Å². The molecule has 4 rings (SSSR count). The van der Waals surface area contributed by atoms with E-state index in [-0.39, 0.29) is 5.91 Å². The maximum atomic E-state index is 12.2. The lowest BCUT2D eigenvalue weighted by Gasteiger charge is -2.31. The van der Waals surface area contributed by atoms with Crippen molar-refractivity contribution in [2.45, 2.75) is 12.8 Å². The van der Waals surface area contributed by atoms with E-state index in [0.717, 1.165) is 29.5 Å². The molecule has 0 spiro atoms. The van der Waals surface area contributed by atoms with Crippen molar-refractivity contribution in [3.8, 4) is 0 Å². The smallest absolute Gasteiger partial charge is 0.273 e. The maximum absolute atomic E-state index is 12.2. The predicted octanol–water partition coefficient (Wildman–Crippen LogP) is 2.85. The highest BCUT2D eigenvalue weighted by Gasteiger charge is 2.38. The van der Waals surface area contributed by atoms with Crippen LogP contribution in [0.25, 0.3) is 10.9 Å². The SMILES string of the molecule is O=C(NN=C1C[C@@H]2C=CC[C@@H]12)c1c[nH]c2ccccc12. The summed E-state index contributed by atoms with van der Waals surface area (Å²) >= 11 is 0. The standard InChI is InChI=1S/C16H15N3O/c20-16(13-9-17-14-7-2-1-5-12(13)14)19-18-15-8-10-4-3-6-11(10)15/h1-5,7,9-11,17H,6,8H2,(H,19,20)/t10-,11+/m0/s1. The number of benzene rings is 1. The number of fused-ring (bicyclic) bond motifs is 2. The molecule has 1 saturated carbocycles. The molecule has 1 amide bonds. The van der Waals surface area contributed by atoms with E-state index < -0.39 is 0 Å². The molecule has 2 aliphatic carbocycles. The fraction of sp³-hybridized carbons (Fsp3) is 0.250. The number of H-pyrrole nitrogens is 1. The molecule has 2 N–H and O–H groups in total. The van der Waals surface area contributed by atoms with E-state index in [1.165, 1.54) is 0 Å². The molecular formula is C16H15N3O. The second-order valence-corrected chi connectivity index (χ2v) is 5.43. The lowest BCUT2D eigenvalue weighted by atomic mass is 9.74. The van der Waals surface area contributed by atoms with Gasteiger partial charge in [-0.15, -0.1) is 0 Å². The molecule has 0 unspecified atom stereocenters. The zero-order chi connectivity index (χ0) is 13.5. The minimum absolute atomic E-state index is 0.149. The Bertz CT molecular complexity index is 741. The summed E-state index contributed by atoms with van der Waals surface area (Å²) in [6, 6.07) is 7.77. The van der Waals surface area contributed by atoms with Gasteiger partial charge in [-0.3, -0.25) is 4.79 Å². The summed E-state index contributed by atoms with van der Waals surface area (Å²) in [4.78, 5) is 15.3. The van der Waals surface area contributed by atoms with E-state index in [1.54, 1.807) is 6.20 Å². The van der Waals surface area contributed by atoms with Gasteiger partial charge in [0.15, 0.2) is 0 Å². The third-order valence-corrected chi connectivity index (χ3v) is 4.30. The molecule has 1 heterocycles. The van der Waals surface area contributed by atoms with Crippen LogP contribution in [0.15, 0.2) is 47.7 Å². The first-order chi connectivity index (χ1) is 9.83. The summed E-state index contributed by atoms with van der Waals surface area (Å²) < 4.78 is 0. The van der Waals surface area contributed by atoms with Crippen LogP contribution in [0.4, 0.5) is 0 Å². The average Bonchev–Trinajstić information content (AvgIpc) is 3.03. The normalized spacial score (nSPS) is 25.7. The van der Waals surface area contributed by atoms with Gasteiger partial charge < -0.3 is 4.98 Å². The van der Waals surface area contributed by atoms with E-state index in [9.17, 15) is 4.79 Å². The Morgan fingerprint density at radius 3 is 3.15 bits per heavy atom. The summed E-state index contributed by atoms with van der Waals surface area (Å²) in [6.45, 7) is 0. The number of nitrogens with zero attached hydrogens (tertiary/aromatic N) is 1. The van der Waals surface area contributed by atoms with E-state index in [0.29, 0.717) is 17.4 Å². The van der Waals surface area contributed by atoms with Crippen LogP contribution in [-0.4, -0.2) is 16.6 Å². The van der Waals surface area contributed by atoms with Gasteiger partial charge in [-0.2, -0.15) is 5.10 Å². The van der Waals surface area contributed by atoms with Gasteiger partial charge in [0.1, 0.15) is 0 Å². The van der Waals surface area contributed by atoms with Crippen molar-refractivity contribution in [1.29, 1.82) is 0 Å². The van der Waals surface area contributed by atoms with Crippen molar-refractivity contribution in [3.05, 3.63) is 48.2 Å². The Labute approximate surface area is 116 Å². The Morgan fingerprint density at radius 2 is 2.25 bits per heavy atom. The fourth-order valence-electron chi connectivity index (χ4n) is 3.11. The van der Waals surface area contributed by atoms with Gasteiger partial charge in [-0.25, -0.2) is 5.43 Å². The molecule has 4 nitrogen and oxygen atoms in total. The average molecular weight is 265 g/mol. The number of amides is 1. The summed E-state index contributed by atoms with van der Waals surface area (Å²) in [5.74, 6) is 1.03. The summed E-state index contributed by atoms with van der Waals surface area (Å²) in [6.07, 6.45) is 8.24. The van der Waals surface area contributed by atoms with Gasteiger partial charge in [0, 0.05) is 28.7 Å². The Hall–Kier alpha value is -2.36. The van der Waals surface area contributed by atoms with Crippen molar-refractivity contribution in [2.24, 2.45) is 16.9 Å². The number of allylic oxidation sites excluding steroid dienone is 2. The van der Waals surface area contributed by atoms with Crippen LogP contribution in [0.1, 0.15) is 23.2 Å². The van der Waals surface area contributed by atoms with Gasteiger partial charge in [0.05, 0.1) is 5.56 Å². The van der Waals surface area contributed by atoms with Crippen LogP contribution in [0.5, 0.6) is 0 Å². The number of aromatic nitrogens is 1. The van der Waals surface area contributed by atoms with Crippen LogP contribution >= 0.6 is 0 Å². The minimum atomic E-state index is -0.149. The monoisotopic (exact) mass is 265 g/mol. The molecule has 20 heavy (non-hydrogen) atoms. The van der Waals surface area contributed by atoms with Crippen molar-refractivity contribution in [2.75, 3.05) is 0 Å². The number of hydrogen-bond donors (Lipinski definition) is 2. The third-order valence-electron chi connectivity index (χ3n) is 4.30. The molecule has 2 aliphatic rings. The second-order valence-electron chi connectivity index (χ2n) is 5.43. The second kappa shape index (κ2) is 4.34. The fourth-order valence-corrected chi connectivity index (χ4v) is 3.11. The number of hydrazone groups is 1. The first-order valence-corrected chi connectivity index (χ1v) is 6.92. The lowest BCUT2D eigenvalue weighted by molar-refractivity contribution is 0.0955. The van der Waals surface area contributed by atoms with Crippen molar-refractivity contribution < 1.29 is 4.79 Å². The third kappa shape index (κ3) is 1.68. The molecule has 0 radical (unpaired) electrons. The zero-order valence-electron chi connectivity index (χ0n) is 11.0. The zero-order valence-corrected chi connectivity index (χ0v) is 11.0. The summed E-state index contributed by atoms with van der Waals surface area (Å²) in [5, 5.41) is 5.23. The van der Waals surface area contributed by atoms with Gasteiger partial charge in [-0.05, 0) is 24.8 Å². The first-order valence-electron chi connectivity index (χ1n) is 6.92. The van der Waals surface area contributed by atoms with Gasteiger partial charge in [0.2, 0.25) is 0 Å². The summed E-state index contributed by atoms with van der Waals surface area (Å²) in [5.41, 5.74) is 5.42. The number of para-hydroxylation sites is 1. The lowest BCUT2D eigenvalue weighted by Crippen LogP contribution is -2.35. The Balaban J connectivity index is 1.52. The number of rotatable bonds is 2. The van der Waals surface area contributed by atoms with E-state index >= 15 is 0 Å². The van der Waals surface area contributed by atoms with Crippen LogP contribution in [0, 0.1) is 11.8 Å². The quantitative estimate of drug-likeness (QED) is 0.636. The van der Waals surface area contributed by atoms with Gasteiger partial charge in [0.25, 0.3) is 5.91 Å². The van der Waals surface area contributed by atoms with Gasteiger partial charge in [-0.1, -0.05) is 30.4 Å². The molecule has 0 aliphatic heterocycles. The molecule has 2 atom stereocenters. The van der Waals surface area contributed by atoms with Crippen LogP contribution < -0.4 is 5.43 Å². The maximum Gasteiger partial charge on any atom is 0.273 e. The number of aromatic amines is 1. The molecule has 2 aromatic rings. The van der Waals surface area contributed by atoms with E-state index in [1.807, 2.05) is 24.3 Å². The molecule has 0 bridgehead atoms. The topological polar surface area (TPSA) is 57.2 Å². The molecule has 1 aromatic carbocycles. The molecule has 100 valence electrons.